The highest BCUT2D eigenvalue weighted by Crippen LogP contribution is 2.23. The SMILES string of the molecule is O=C(O)C(F)Sc1ccncc1. The van der Waals surface area contributed by atoms with Crippen LogP contribution >= 0.6 is 11.8 Å². The molecule has 0 aliphatic rings. The highest BCUT2D eigenvalue weighted by atomic mass is 32.2. The van der Waals surface area contributed by atoms with E-state index >= 15 is 0 Å². The molecule has 0 saturated carbocycles. The second-order valence-electron chi connectivity index (χ2n) is 1.96. The molecular formula is C7H6FNO2S. The van der Waals surface area contributed by atoms with E-state index in [4.69, 9.17) is 5.11 Å². The van der Waals surface area contributed by atoms with Gasteiger partial charge in [0.2, 0.25) is 5.50 Å². The van der Waals surface area contributed by atoms with Gasteiger partial charge in [-0.1, -0.05) is 11.8 Å². The van der Waals surface area contributed by atoms with Gasteiger partial charge in [0, 0.05) is 17.3 Å². The first-order valence-corrected chi connectivity index (χ1v) is 4.01. The number of hydrogen-bond donors (Lipinski definition) is 1. The Labute approximate surface area is 72.6 Å². The van der Waals surface area contributed by atoms with E-state index in [1.165, 1.54) is 12.4 Å². The van der Waals surface area contributed by atoms with Crippen LogP contribution in [0.15, 0.2) is 29.4 Å². The van der Waals surface area contributed by atoms with Gasteiger partial charge in [0.25, 0.3) is 0 Å². The van der Waals surface area contributed by atoms with Crippen LogP contribution in [0.4, 0.5) is 4.39 Å². The molecule has 0 amide bonds. The van der Waals surface area contributed by atoms with Crippen LogP contribution < -0.4 is 0 Å². The fraction of sp³-hybridized carbons (Fsp3) is 0.143. The Morgan fingerprint density at radius 2 is 2.17 bits per heavy atom. The van der Waals surface area contributed by atoms with E-state index in [0.717, 1.165) is 0 Å². The Morgan fingerprint density at radius 3 is 2.67 bits per heavy atom. The van der Waals surface area contributed by atoms with Crippen LogP contribution in [0.1, 0.15) is 0 Å². The first-order valence-electron chi connectivity index (χ1n) is 3.13. The van der Waals surface area contributed by atoms with Gasteiger partial charge in [-0.15, -0.1) is 0 Å². The maximum atomic E-state index is 12.6. The summed E-state index contributed by atoms with van der Waals surface area (Å²) >= 11 is 0.645. The molecule has 0 aliphatic heterocycles. The van der Waals surface area contributed by atoms with Crippen LogP contribution in [0.25, 0.3) is 0 Å². The number of hydrogen-bond acceptors (Lipinski definition) is 3. The molecule has 12 heavy (non-hydrogen) atoms. The maximum absolute atomic E-state index is 12.6. The third-order valence-electron chi connectivity index (χ3n) is 1.08. The number of aromatic nitrogens is 1. The molecule has 1 N–H and O–H groups in total. The van der Waals surface area contributed by atoms with Crippen LogP contribution in [0.5, 0.6) is 0 Å². The van der Waals surface area contributed by atoms with E-state index in [9.17, 15) is 9.18 Å². The van der Waals surface area contributed by atoms with Crippen molar-refractivity contribution in [2.45, 2.75) is 10.4 Å². The van der Waals surface area contributed by atoms with Crippen molar-refractivity contribution in [1.29, 1.82) is 0 Å². The van der Waals surface area contributed by atoms with E-state index < -0.39 is 11.5 Å². The molecule has 64 valence electrons. The van der Waals surface area contributed by atoms with Crippen molar-refractivity contribution in [2.24, 2.45) is 0 Å². The number of rotatable bonds is 3. The van der Waals surface area contributed by atoms with Crippen molar-refractivity contribution < 1.29 is 14.3 Å². The minimum absolute atomic E-state index is 0.555. The van der Waals surface area contributed by atoms with Crippen molar-refractivity contribution >= 4 is 17.7 Å². The van der Waals surface area contributed by atoms with Crippen LogP contribution in [0, 0.1) is 0 Å². The largest absolute Gasteiger partial charge is 0.478 e. The third-order valence-corrected chi connectivity index (χ3v) is 2.04. The lowest BCUT2D eigenvalue weighted by molar-refractivity contribution is -0.139. The number of carboxylic acids is 1. The van der Waals surface area contributed by atoms with Gasteiger partial charge in [0.05, 0.1) is 0 Å². The Kier molecular flexibility index (Phi) is 3.04. The number of pyridine rings is 1. The zero-order chi connectivity index (χ0) is 8.97. The van der Waals surface area contributed by atoms with Crippen molar-refractivity contribution in [2.75, 3.05) is 0 Å². The highest BCUT2D eigenvalue weighted by Gasteiger charge is 2.16. The highest BCUT2D eigenvalue weighted by molar-refractivity contribution is 8.00. The summed E-state index contributed by atoms with van der Waals surface area (Å²) in [5, 5.41) is 8.23. The Bertz CT molecular complexity index is 267. The molecule has 0 saturated heterocycles. The average molecular weight is 187 g/mol. The molecule has 1 atom stereocenters. The van der Waals surface area contributed by atoms with E-state index in [0.29, 0.717) is 16.7 Å². The number of alkyl halides is 1. The first-order chi connectivity index (χ1) is 5.70. The van der Waals surface area contributed by atoms with Crippen LogP contribution in [-0.4, -0.2) is 21.6 Å². The molecule has 0 aliphatic carbocycles. The van der Waals surface area contributed by atoms with Crippen molar-refractivity contribution in [3.05, 3.63) is 24.5 Å². The van der Waals surface area contributed by atoms with Crippen molar-refractivity contribution in [3.63, 3.8) is 0 Å². The summed E-state index contributed by atoms with van der Waals surface area (Å²) in [6, 6.07) is 3.11. The molecule has 1 aromatic rings. The van der Waals surface area contributed by atoms with Gasteiger partial charge in [-0.05, 0) is 12.1 Å². The minimum atomic E-state index is -1.91. The second kappa shape index (κ2) is 4.06. The standard InChI is InChI=1S/C7H6FNO2S/c8-6(7(10)11)12-5-1-3-9-4-2-5/h1-4,6H,(H,10,11). The molecule has 0 fully saturated rings. The first kappa shape index (κ1) is 8.99. The Morgan fingerprint density at radius 1 is 1.58 bits per heavy atom. The molecule has 1 heterocycles. The molecule has 0 radical (unpaired) electrons. The zero-order valence-electron chi connectivity index (χ0n) is 5.98. The number of halogens is 1. The molecule has 1 rings (SSSR count). The molecule has 0 bridgehead atoms. The van der Waals surface area contributed by atoms with Crippen molar-refractivity contribution in [1.82, 2.24) is 4.98 Å². The zero-order valence-corrected chi connectivity index (χ0v) is 6.79. The smallest absolute Gasteiger partial charge is 0.349 e. The number of carboxylic acid groups (broad SMARTS) is 1. The quantitative estimate of drug-likeness (QED) is 0.729. The summed E-state index contributed by atoms with van der Waals surface area (Å²) in [7, 11) is 0. The molecule has 1 aromatic heterocycles. The summed E-state index contributed by atoms with van der Waals surface area (Å²) < 4.78 is 12.6. The molecule has 3 nitrogen and oxygen atoms in total. The lowest BCUT2D eigenvalue weighted by Crippen LogP contribution is -2.09. The molecular weight excluding hydrogens is 181 g/mol. The van der Waals surface area contributed by atoms with E-state index in [1.54, 1.807) is 12.1 Å². The van der Waals surface area contributed by atoms with E-state index in [2.05, 4.69) is 4.98 Å². The molecule has 0 spiro atoms. The lowest BCUT2D eigenvalue weighted by atomic mass is 10.5. The molecule has 0 aromatic carbocycles. The Balaban J connectivity index is 2.58. The fourth-order valence-electron chi connectivity index (χ4n) is 0.587. The third kappa shape index (κ3) is 2.50. The number of nitrogens with zero attached hydrogens (tertiary/aromatic N) is 1. The summed E-state index contributed by atoms with van der Waals surface area (Å²) in [6.45, 7) is 0. The van der Waals surface area contributed by atoms with Crippen LogP contribution in [0.2, 0.25) is 0 Å². The van der Waals surface area contributed by atoms with Gasteiger partial charge in [-0.25, -0.2) is 9.18 Å². The maximum Gasteiger partial charge on any atom is 0.349 e. The molecule has 1 unspecified atom stereocenters. The summed E-state index contributed by atoms with van der Waals surface area (Å²) in [5.41, 5.74) is -1.91. The monoisotopic (exact) mass is 187 g/mol. The predicted molar refractivity (Wildman–Crippen MR) is 42.6 cm³/mol. The lowest BCUT2D eigenvalue weighted by Gasteiger charge is -2.00. The van der Waals surface area contributed by atoms with Crippen molar-refractivity contribution in [3.8, 4) is 0 Å². The van der Waals surface area contributed by atoms with Gasteiger partial charge < -0.3 is 5.11 Å². The van der Waals surface area contributed by atoms with E-state index in [1.807, 2.05) is 0 Å². The minimum Gasteiger partial charge on any atom is -0.478 e. The molecule has 5 heteroatoms. The van der Waals surface area contributed by atoms with Crippen LogP contribution in [0.3, 0.4) is 0 Å². The van der Waals surface area contributed by atoms with Gasteiger partial charge in [0.15, 0.2) is 0 Å². The summed E-state index contributed by atoms with van der Waals surface area (Å²) in [6.07, 6.45) is 2.97. The number of thioether (sulfide) groups is 1. The fourth-order valence-corrected chi connectivity index (χ4v) is 1.21. The number of aliphatic carboxylic acids is 1. The second-order valence-corrected chi connectivity index (χ2v) is 3.08. The predicted octanol–water partition coefficient (Wildman–Crippen LogP) is 1.55. The average Bonchev–Trinajstić information content (AvgIpc) is 2.06. The summed E-state index contributed by atoms with van der Waals surface area (Å²) in [4.78, 5) is 14.4. The normalized spacial score (nSPS) is 12.4. The van der Waals surface area contributed by atoms with Gasteiger partial charge in [0.1, 0.15) is 0 Å². The van der Waals surface area contributed by atoms with Gasteiger partial charge in [-0.2, -0.15) is 0 Å². The summed E-state index contributed by atoms with van der Waals surface area (Å²) in [5.74, 6) is -1.46. The Hall–Kier alpha value is -1.10. The topological polar surface area (TPSA) is 50.2 Å². The van der Waals surface area contributed by atoms with Gasteiger partial charge in [-0.3, -0.25) is 4.98 Å². The van der Waals surface area contributed by atoms with Gasteiger partial charge >= 0.3 is 5.97 Å². The number of carbonyl (C=O) groups is 1. The van der Waals surface area contributed by atoms with E-state index in [-0.39, 0.29) is 0 Å². The van der Waals surface area contributed by atoms with Crippen LogP contribution in [-0.2, 0) is 4.79 Å².